The van der Waals surface area contributed by atoms with E-state index in [0.29, 0.717) is 6.42 Å². The van der Waals surface area contributed by atoms with Gasteiger partial charge < -0.3 is 14.6 Å². The molecule has 2 aliphatic carbocycles. The number of methoxy groups -OCH3 is 1. The summed E-state index contributed by atoms with van der Waals surface area (Å²) >= 11 is 0. The van der Waals surface area contributed by atoms with Crippen molar-refractivity contribution in [2.24, 2.45) is 11.3 Å². The van der Waals surface area contributed by atoms with Crippen LogP contribution in [0.3, 0.4) is 0 Å². The Morgan fingerprint density at radius 2 is 1.96 bits per heavy atom. The molecule has 1 N–H and O–H groups in total. The first-order chi connectivity index (χ1) is 11.0. The molecule has 0 aromatic rings. The first kappa shape index (κ1) is 17.8. The average molecular weight is 314 g/mol. The second-order valence-electron chi connectivity index (χ2n) is 6.75. The van der Waals surface area contributed by atoms with Gasteiger partial charge in [0.25, 0.3) is 0 Å². The number of rotatable bonds is 3. The molecule has 0 aromatic carbocycles. The van der Waals surface area contributed by atoms with Crippen molar-refractivity contribution in [3.8, 4) is 23.7 Å². The molecule has 0 saturated heterocycles. The number of hydrogen-bond donors (Lipinski definition) is 1. The molecule has 2 aliphatic rings. The maximum Gasteiger partial charge on any atom is 0.148 e. The molecule has 0 spiro atoms. The van der Waals surface area contributed by atoms with Crippen LogP contribution in [0, 0.1) is 35.0 Å². The fourth-order valence-electron chi connectivity index (χ4n) is 3.63. The van der Waals surface area contributed by atoms with E-state index in [4.69, 9.17) is 9.47 Å². The molecular formula is C20H26O3. The molecule has 0 fully saturated rings. The highest BCUT2D eigenvalue weighted by Gasteiger charge is 2.42. The fourth-order valence-corrected chi connectivity index (χ4v) is 3.63. The molecule has 0 heterocycles. The third-order valence-corrected chi connectivity index (χ3v) is 4.90. The molecule has 3 nitrogen and oxygen atoms in total. The number of allylic oxidation sites excluding steroid dienone is 3. The maximum absolute atomic E-state index is 10.2. The van der Waals surface area contributed by atoms with Crippen molar-refractivity contribution in [1.29, 1.82) is 0 Å². The van der Waals surface area contributed by atoms with E-state index in [1.165, 1.54) is 11.1 Å². The van der Waals surface area contributed by atoms with Gasteiger partial charge in [-0.3, -0.25) is 0 Å². The van der Waals surface area contributed by atoms with Gasteiger partial charge in [0.05, 0.1) is 0 Å². The Morgan fingerprint density at radius 1 is 1.26 bits per heavy atom. The van der Waals surface area contributed by atoms with Crippen molar-refractivity contribution in [1.82, 2.24) is 0 Å². The van der Waals surface area contributed by atoms with Crippen LogP contribution < -0.4 is 0 Å². The fraction of sp³-hybridized carbons (Fsp3) is 0.600. The molecule has 0 amide bonds. The minimum Gasteiger partial charge on any atom is -0.380 e. The molecule has 0 aromatic heterocycles. The standard InChI is InChI=1S/C20H26O3/c1-15-11-12-17-19(23-14-22-4)10-8-6-5-7-9-16(21)13-18(15)20(17,2)3/h5-6,16-17,19,21H,11-14H2,1-4H3/b6-5-/t16-,17-,19+/m0/s1. The quantitative estimate of drug-likeness (QED) is 0.494. The third-order valence-electron chi connectivity index (χ3n) is 4.90. The van der Waals surface area contributed by atoms with Crippen molar-refractivity contribution >= 4 is 0 Å². The lowest BCUT2D eigenvalue weighted by molar-refractivity contribution is -0.0860. The Bertz CT molecular complexity index is 604. The second-order valence-corrected chi connectivity index (χ2v) is 6.75. The lowest BCUT2D eigenvalue weighted by atomic mass is 9.62. The van der Waals surface area contributed by atoms with Crippen molar-refractivity contribution < 1.29 is 14.6 Å². The van der Waals surface area contributed by atoms with E-state index in [2.05, 4.69) is 44.5 Å². The minimum absolute atomic E-state index is 0.0962. The Morgan fingerprint density at radius 3 is 2.65 bits per heavy atom. The summed E-state index contributed by atoms with van der Waals surface area (Å²) in [6.07, 6.45) is 5.16. The summed E-state index contributed by atoms with van der Waals surface area (Å²) in [5.74, 6) is 12.2. The summed E-state index contributed by atoms with van der Waals surface area (Å²) in [4.78, 5) is 0. The molecule has 2 rings (SSSR count). The number of hydrogen-bond acceptors (Lipinski definition) is 3. The Balaban J connectivity index is 2.44. The van der Waals surface area contributed by atoms with Gasteiger partial charge in [-0.05, 0) is 37.3 Å². The Hall–Kier alpha value is -1.52. The van der Waals surface area contributed by atoms with Gasteiger partial charge in [0, 0.05) is 19.4 Å². The van der Waals surface area contributed by atoms with Gasteiger partial charge in [0.2, 0.25) is 0 Å². The monoisotopic (exact) mass is 314 g/mol. The maximum atomic E-state index is 10.2. The molecule has 0 saturated carbocycles. The van der Waals surface area contributed by atoms with E-state index < -0.39 is 6.10 Å². The van der Waals surface area contributed by atoms with Crippen molar-refractivity contribution in [2.45, 2.75) is 52.2 Å². The van der Waals surface area contributed by atoms with Gasteiger partial charge in [-0.25, -0.2) is 0 Å². The van der Waals surface area contributed by atoms with E-state index in [9.17, 15) is 5.11 Å². The van der Waals surface area contributed by atoms with Gasteiger partial charge in [-0.2, -0.15) is 0 Å². The van der Waals surface area contributed by atoms with Crippen LogP contribution in [0.25, 0.3) is 0 Å². The molecule has 2 bridgehead atoms. The second kappa shape index (κ2) is 7.84. The Kier molecular flexibility index (Phi) is 6.08. The first-order valence-electron chi connectivity index (χ1n) is 8.11. The third kappa shape index (κ3) is 4.27. The minimum atomic E-state index is -0.645. The van der Waals surface area contributed by atoms with Crippen molar-refractivity contribution in [3.63, 3.8) is 0 Å². The predicted octanol–water partition coefficient (Wildman–Crippen LogP) is 3.06. The van der Waals surface area contributed by atoms with E-state index in [1.807, 2.05) is 0 Å². The lowest BCUT2D eigenvalue weighted by Gasteiger charge is -2.44. The van der Waals surface area contributed by atoms with Crippen LogP contribution in [-0.4, -0.2) is 31.2 Å². The van der Waals surface area contributed by atoms with E-state index in [-0.39, 0.29) is 24.2 Å². The zero-order valence-corrected chi connectivity index (χ0v) is 14.5. The first-order valence-corrected chi connectivity index (χ1v) is 8.11. The highest BCUT2D eigenvalue weighted by atomic mass is 16.7. The Labute approximate surface area is 139 Å². The van der Waals surface area contributed by atoms with Crippen LogP contribution in [0.5, 0.6) is 0 Å². The summed E-state index contributed by atoms with van der Waals surface area (Å²) in [7, 11) is 1.62. The van der Waals surface area contributed by atoms with Crippen molar-refractivity contribution in [2.75, 3.05) is 13.9 Å². The molecular weight excluding hydrogens is 288 g/mol. The van der Waals surface area contributed by atoms with Crippen LogP contribution in [0.1, 0.15) is 40.0 Å². The van der Waals surface area contributed by atoms with Crippen LogP contribution in [0.2, 0.25) is 0 Å². The van der Waals surface area contributed by atoms with Crippen LogP contribution >= 0.6 is 0 Å². The highest BCUT2D eigenvalue weighted by molar-refractivity contribution is 5.33. The number of ether oxygens (including phenoxy) is 2. The summed E-state index contributed by atoms with van der Waals surface area (Å²) in [5.41, 5.74) is 2.55. The summed E-state index contributed by atoms with van der Waals surface area (Å²) in [6, 6.07) is 0. The van der Waals surface area contributed by atoms with Gasteiger partial charge in [0.15, 0.2) is 0 Å². The number of aliphatic hydroxyl groups excluding tert-OH is 1. The van der Waals surface area contributed by atoms with Gasteiger partial charge >= 0.3 is 0 Å². The number of fused-ring (bicyclic) bond motifs is 2. The summed E-state index contributed by atoms with van der Waals surface area (Å²) < 4.78 is 10.9. The average Bonchev–Trinajstić information content (AvgIpc) is 2.50. The molecule has 3 heteroatoms. The van der Waals surface area contributed by atoms with Crippen LogP contribution in [-0.2, 0) is 9.47 Å². The SMILES string of the molecule is COCO[C@@H]1C#C/C=C\C#C[C@H](O)CC2=C(C)CC[C@@H]1C2(C)C. The lowest BCUT2D eigenvalue weighted by Crippen LogP contribution is -2.40. The molecule has 0 radical (unpaired) electrons. The predicted molar refractivity (Wildman–Crippen MR) is 91.3 cm³/mol. The highest BCUT2D eigenvalue weighted by Crippen LogP contribution is 2.48. The van der Waals surface area contributed by atoms with E-state index in [0.717, 1.165) is 12.8 Å². The normalized spacial score (nSPS) is 30.9. The number of aliphatic hydroxyl groups is 1. The molecule has 0 unspecified atom stereocenters. The van der Waals surface area contributed by atoms with Crippen molar-refractivity contribution in [3.05, 3.63) is 23.3 Å². The molecule has 3 atom stereocenters. The molecule has 0 aliphatic heterocycles. The van der Waals surface area contributed by atoms with Gasteiger partial charge in [0.1, 0.15) is 19.0 Å². The molecule has 124 valence electrons. The zero-order chi connectivity index (χ0) is 16.9. The van der Waals surface area contributed by atoms with Gasteiger partial charge in [-0.15, -0.1) is 0 Å². The largest absolute Gasteiger partial charge is 0.380 e. The van der Waals surface area contributed by atoms with E-state index in [1.54, 1.807) is 19.3 Å². The van der Waals surface area contributed by atoms with Crippen LogP contribution in [0.4, 0.5) is 0 Å². The molecule has 23 heavy (non-hydrogen) atoms. The van der Waals surface area contributed by atoms with E-state index >= 15 is 0 Å². The topological polar surface area (TPSA) is 38.7 Å². The van der Waals surface area contributed by atoms with Crippen LogP contribution in [0.15, 0.2) is 23.3 Å². The zero-order valence-electron chi connectivity index (χ0n) is 14.5. The smallest absolute Gasteiger partial charge is 0.148 e. The summed E-state index contributed by atoms with van der Waals surface area (Å²) in [5, 5.41) is 10.2. The van der Waals surface area contributed by atoms with Gasteiger partial charge in [-0.1, -0.05) is 48.7 Å². The summed E-state index contributed by atoms with van der Waals surface area (Å²) in [6.45, 7) is 6.84.